The molecule has 1 amide bonds. The third-order valence-electron chi connectivity index (χ3n) is 6.29. The van der Waals surface area contributed by atoms with E-state index >= 15 is 0 Å². The molecule has 3 heterocycles. The summed E-state index contributed by atoms with van der Waals surface area (Å²) in [5.74, 6) is -1.72. The summed E-state index contributed by atoms with van der Waals surface area (Å²) in [5, 5.41) is 10.4. The zero-order valence-corrected chi connectivity index (χ0v) is 17.8. The van der Waals surface area contributed by atoms with Gasteiger partial charge >= 0.3 is 0 Å². The molecule has 0 unspecified atom stereocenters. The fraction of sp³-hybridized carbons (Fsp3) is 0.417. The van der Waals surface area contributed by atoms with Crippen molar-refractivity contribution in [3.8, 4) is 11.1 Å². The topological polar surface area (TPSA) is 70.2 Å². The Morgan fingerprint density at radius 2 is 1.97 bits per heavy atom. The van der Waals surface area contributed by atoms with Gasteiger partial charge in [0.05, 0.1) is 18.7 Å². The summed E-state index contributed by atoms with van der Waals surface area (Å²) in [6, 6.07) is 8.15. The van der Waals surface area contributed by atoms with E-state index in [0.717, 1.165) is 31.5 Å². The Morgan fingerprint density at radius 1 is 1.16 bits per heavy atom. The minimum atomic E-state index is -0.883. The second-order valence-electron chi connectivity index (χ2n) is 8.72. The largest absolute Gasteiger partial charge is 0.381 e. The van der Waals surface area contributed by atoms with Crippen molar-refractivity contribution in [2.24, 2.45) is 5.92 Å². The van der Waals surface area contributed by atoms with E-state index in [9.17, 15) is 13.6 Å². The van der Waals surface area contributed by atoms with E-state index in [1.807, 2.05) is 0 Å². The number of amides is 1. The van der Waals surface area contributed by atoms with Crippen LogP contribution in [0.15, 0.2) is 30.3 Å². The number of likely N-dealkylation sites (tertiary alicyclic amines) is 1. The van der Waals surface area contributed by atoms with Crippen LogP contribution in [0.2, 0.25) is 0 Å². The molecule has 2 saturated heterocycles. The Balaban J connectivity index is 1.43. The summed E-state index contributed by atoms with van der Waals surface area (Å²) in [4.78, 5) is 14.9. The zero-order chi connectivity index (χ0) is 22.1. The number of nitrogens with one attached hydrogen (secondary N) is 2. The Morgan fingerprint density at radius 3 is 2.72 bits per heavy atom. The predicted molar refractivity (Wildman–Crippen MR) is 117 cm³/mol. The average molecular weight is 440 g/mol. The van der Waals surface area contributed by atoms with Crippen LogP contribution in [0, 0.1) is 17.6 Å². The zero-order valence-electron chi connectivity index (χ0n) is 17.8. The van der Waals surface area contributed by atoms with E-state index in [-0.39, 0.29) is 17.2 Å². The maximum absolute atomic E-state index is 14.8. The van der Waals surface area contributed by atoms with Crippen molar-refractivity contribution >= 4 is 16.8 Å². The number of H-pyrrole nitrogens is 1. The van der Waals surface area contributed by atoms with Gasteiger partial charge in [-0.25, -0.2) is 8.78 Å². The number of hydrogen-bond acceptors (Lipinski definition) is 4. The van der Waals surface area contributed by atoms with Gasteiger partial charge in [-0.15, -0.1) is 0 Å². The summed E-state index contributed by atoms with van der Waals surface area (Å²) < 4.78 is 34.4. The van der Waals surface area contributed by atoms with E-state index in [0.29, 0.717) is 48.7 Å². The number of piperidine rings is 1. The molecule has 0 atom stereocenters. The van der Waals surface area contributed by atoms with Crippen LogP contribution in [0.3, 0.4) is 0 Å². The molecule has 1 aromatic heterocycles. The molecule has 168 valence electrons. The Labute approximate surface area is 184 Å². The Bertz CT molecular complexity index is 1140. The van der Waals surface area contributed by atoms with Crippen LogP contribution < -0.4 is 5.32 Å². The number of aromatic nitrogens is 2. The number of carbonyl (C=O) groups is 1. The molecule has 8 heteroatoms. The summed E-state index contributed by atoms with van der Waals surface area (Å²) >= 11 is 0. The van der Waals surface area contributed by atoms with Crippen molar-refractivity contribution in [3.05, 3.63) is 53.2 Å². The van der Waals surface area contributed by atoms with E-state index in [1.165, 1.54) is 12.5 Å². The van der Waals surface area contributed by atoms with Crippen LogP contribution in [-0.2, 0) is 11.3 Å². The standard InChI is InChI=1S/C24H26F2N4O2/c25-20-9-15(12-30-6-2-1-3-7-30)8-18(22(20)26)17-4-5-21-19(10-17)23(29-28-21)24(31)27-11-16-13-32-14-16/h4-5,8-10,16H,1-3,6-7,11-14H2,(H,27,31)(H,28,29). The van der Waals surface area contributed by atoms with Crippen molar-refractivity contribution in [2.45, 2.75) is 25.8 Å². The summed E-state index contributed by atoms with van der Waals surface area (Å²) in [6.07, 6.45) is 3.48. The van der Waals surface area contributed by atoms with E-state index in [4.69, 9.17) is 4.74 Å². The Kier molecular flexibility index (Phi) is 5.89. The number of halogens is 2. The van der Waals surface area contributed by atoms with Gasteiger partial charge in [0.2, 0.25) is 0 Å². The number of fused-ring (bicyclic) bond motifs is 1. The second kappa shape index (κ2) is 8.96. The van der Waals surface area contributed by atoms with Crippen molar-refractivity contribution in [1.29, 1.82) is 0 Å². The fourth-order valence-electron chi connectivity index (χ4n) is 4.40. The van der Waals surface area contributed by atoms with E-state index < -0.39 is 11.6 Å². The summed E-state index contributed by atoms with van der Waals surface area (Å²) in [7, 11) is 0. The second-order valence-corrected chi connectivity index (χ2v) is 8.72. The number of aromatic amines is 1. The van der Waals surface area contributed by atoms with E-state index in [2.05, 4.69) is 20.4 Å². The normalized spacial score (nSPS) is 17.4. The first kappa shape index (κ1) is 21.0. The minimum Gasteiger partial charge on any atom is -0.381 e. The highest BCUT2D eigenvalue weighted by atomic mass is 19.2. The lowest BCUT2D eigenvalue weighted by Crippen LogP contribution is -2.39. The van der Waals surface area contributed by atoms with Gasteiger partial charge in [0, 0.05) is 30.0 Å². The van der Waals surface area contributed by atoms with Gasteiger partial charge in [0.15, 0.2) is 17.3 Å². The summed E-state index contributed by atoms with van der Waals surface area (Å²) in [6.45, 7) is 4.35. The lowest BCUT2D eigenvalue weighted by molar-refractivity contribution is -0.0298. The van der Waals surface area contributed by atoms with Crippen molar-refractivity contribution in [2.75, 3.05) is 32.8 Å². The number of ether oxygens (including phenoxy) is 1. The van der Waals surface area contributed by atoms with Gasteiger partial charge in [0.25, 0.3) is 5.91 Å². The molecule has 5 rings (SSSR count). The maximum Gasteiger partial charge on any atom is 0.272 e. The van der Waals surface area contributed by atoms with Gasteiger partial charge in [-0.05, 0) is 61.3 Å². The van der Waals surface area contributed by atoms with Crippen LogP contribution in [0.4, 0.5) is 8.78 Å². The maximum atomic E-state index is 14.8. The highest BCUT2D eigenvalue weighted by molar-refractivity contribution is 6.05. The number of rotatable bonds is 6. The fourth-order valence-corrected chi connectivity index (χ4v) is 4.40. The first-order valence-electron chi connectivity index (χ1n) is 11.1. The molecule has 2 fully saturated rings. The van der Waals surface area contributed by atoms with Crippen LogP contribution in [0.1, 0.15) is 35.3 Å². The van der Waals surface area contributed by atoms with E-state index in [1.54, 1.807) is 24.3 Å². The molecule has 2 aliphatic rings. The number of nitrogens with zero attached hydrogens (tertiary/aromatic N) is 2. The lowest BCUT2D eigenvalue weighted by atomic mass is 9.99. The van der Waals surface area contributed by atoms with Crippen molar-refractivity contribution in [1.82, 2.24) is 20.4 Å². The molecule has 0 radical (unpaired) electrons. The third-order valence-corrected chi connectivity index (χ3v) is 6.29. The van der Waals surface area contributed by atoms with Crippen LogP contribution in [-0.4, -0.2) is 53.9 Å². The van der Waals surface area contributed by atoms with Crippen molar-refractivity contribution in [3.63, 3.8) is 0 Å². The molecule has 2 aliphatic heterocycles. The van der Waals surface area contributed by atoms with Gasteiger partial charge in [0.1, 0.15) is 0 Å². The van der Waals surface area contributed by atoms with Crippen molar-refractivity contribution < 1.29 is 18.3 Å². The monoisotopic (exact) mass is 440 g/mol. The third kappa shape index (κ3) is 4.25. The first-order chi connectivity index (χ1) is 15.6. The molecule has 0 aliphatic carbocycles. The molecular weight excluding hydrogens is 414 g/mol. The lowest BCUT2D eigenvalue weighted by Gasteiger charge is -2.26. The molecule has 3 aromatic rings. The molecule has 2 N–H and O–H groups in total. The summed E-state index contributed by atoms with van der Waals surface area (Å²) in [5.41, 5.74) is 2.35. The van der Waals surface area contributed by atoms with Gasteiger partial charge in [-0.2, -0.15) is 5.10 Å². The molecule has 0 spiro atoms. The highest BCUT2D eigenvalue weighted by Gasteiger charge is 2.22. The van der Waals surface area contributed by atoms with Gasteiger partial charge < -0.3 is 10.1 Å². The van der Waals surface area contributed by atoms with Gasteiger partial charge in [-0.1, -0.05) is 12.5 Å². The molecule has 2 aromatic carbocycles. The quantitative estimate of drug-likeness (QED) is 0.611. The molecule has 0 saturated carbocycles. The minimum absolute atomic E-state index is 0.193. The van der Waals surface area contributed by atoms with Crippen LogP contribution >= 0.6 is 0 Å². The molecule has 32 heavy (non-hydrogen) atoms. The smallest absolute Gasteiger partial charge is 0.272 e. The molecule has 0 bridgehead atoms. The number of benzene rings is 2. The average Bonchev–Trinajstić information content (AvgIpc) is 3.19. The Hall–Kier alpha value is -2.84. The predicted octanol–water partition coefficient (Wildman–Crippen LogP) is 3.87. The van der Waals surface area contributed by atoms with Crippen LogP contribution in [0.5, 0.6) is 0 Å². The molecular formula is C24H26F2N4O2. The SMILES string of the molecule is O=C(NCC1COC1)c1n[nH]c2ccc(-c3cc(CN4CCCCC4)cc(F)c3F)cc12. The molecule has 6 nitrogen and oxygen atoms in total. The number of carbonyl (C=O) groups excluding carboxylic acids is 1. The van der Waals surface area contributed by atoms with Crippen LogP contribution in [0.25, 0.3) is 22.0 Å². The first-order valence-corrected chi connectivity index (χ1v) is 11.1. The number of hydrogen-bond donors (Lipinski definition) is 2. The highest BCUT2D eigenvalue weighted by Crippen LogP contribution is 2.30. The van der Waals surface area contributed by atoms with Gasteiger partial charge in [-0.3, -0.25) is 14.8 Å².